The first kappa shape index (κ1) is 20.2. The van der Waals surface area contributed by atoms with Crippen LogP contribution in [0.2, 0.25) is 0 Å². The molecule has 0 unspecified atom stereocenters. The van der Waals surface area contributed by atoms with Crippen molar-refractivity contribution in [2.75, 3.05) is 18.6 Å². The molecule has 1 heterocycles. The highest BCUT2D eigenvalue weighted by molar-refractivity contribution is 6.22. The molecule has 2 aliphatic carbocycles. The standard InChI is InChI=1S/C25H21NO6/c1-31-19-4-2-3-15(12-19)20(27)13-32-25(30)14-7-9-18(10-8-14)26-23(28)21-16-5-6-17(11-16)22(21)24(26)29/h2-10,12,16-17,21-22H,11,13H2,1H3/t16-,17+,21-,22-/m0/s1. The van der Waals surface area contributed by atoms with E-state index in [9.17, 15) is 19.2 Å². The van der Waals surface area contributed by atoms with E-state index in [4.69, 9.17) is 9.47 Å². The lowest BCUT2D eigenvalue weighted by Gasteiger charge is -2.17. The van der Waals surface area contributed by atoms with Crippen molar-refractivity contribution >= 4 is 29.3 Å². The second kappa shape index (κ2) is 7.75. The molecule has 3 aliphatic rings. The third-order valence-corrected chi connectivity index (χ3v) is 6.56. The molecule has 32 heavy (non-hydrogen) atoms. The Morgan fingerprint density at radius 2 is 1.59 bits per heavy atom. The number of allylic oxidation sites excluding steroid dienone is 2. The lowest BCUT2D eigenvalue weighted by Crippen LogP contribution is -2.32. The molecule has 162 valence electrons. The summed E-state index contributed by atoms with van der Waals surface area (Å²) >= 11 is 0. The molecule has 2 aromatic carbocycles. The number of nitrogens with zero attached hydrogens (tertiary/aromatic N) is 1. The van der Waals surface area contributed by atoms with Crippen molar-refractivity contribution in [3.63, 3.8) is 0 Å². The fourth-order valence-electron chi connectivity index (χ4n) is 5.00. The summed E-state index contributed by atoms with van der Waals surface area (Å²) in [5.41, 5.74) is 1.05. The van der Waals surface area contributed by atoms with E-state index in [1.807, 2.05) is 12.2 Å². The topological polar surface area (TPSA) is 90.0 Å². The monoisotopic (exact) mass is 431 g/mol. The molecule has 2 aromatic rings. The van der Waals surface area contributed by atoms with E-state index < -0.39 is 12.6 Å². The number of ketones is 1. The van der Waals surface area contributed by atoms with Crippen LogP contribution in [-0.2, 0) is 14.3 Å². The van der Waals surface area contributed by atoms with Crippen LogP contribution in [0.5, 0.6) is 5.75 Å². The molecule has 5 rings (SSSR count). The fraction of sp³-hybridized carbons (Fsp3) is 0.280. The van der Waals surface area contributed by atoms with Crippen molar-refractivity contribution in [2.45, 2.75) is 6.42 Å². The smallest absolute Gasteiger partial charge is 0.338 e. The van der Waals surface area contributed by atoms with Crippen LogP contribution in [-0.4, -0.2) is 37.3 Å². The maximum Gasteiger partial charge on any atom is 0.338 e. The van der Waals surface area contributed by atoms with E-state index >= 15 is 0 Å². The van der Waals surface area contributed by atoms with Gasteiger partial charge in [0.2, 0.25) is 11.8 Å². The molecule has 7 heteroatoms. The third-order valence-electron chi connectivity index (χ3n) is 6.56. The minimum Gasteiger partial charge on any atom is -0.497 e. The Morgan fingerprint density at radius 3 is 2.22 bits per heavy atom. The molecule has 1 saturated carbocycles. The Morgan fingerprint density at radius 1 is 0.938 bits per heavy atom. The van der Waals surface area contributed by atoms with Crippen LogP contribution in [0.15, 0.2) is 60.7 Å². The molecule has 2 bridgehead atoms. The predicted molar refractivity (Wildman–Crippen MR) is 114 cm³/mol. The van der Waals surface area contributed by atoms with E-state index in [0.717, 1.165) is 6.42 Å². The first-order chi connectivity index (χ1) is 15.5. The molecule has 2 fully saturated rings. The summed E-state index contributed by atoms with van der Waals surface area (Å²) in [5, 5.41) is 0. The van der Waals surface area contributed by atoms with Crippen LogP contribution in [0.3, 0.4) is 0 Å². The Balaban J connectivity index is 1.24. The lowest BCUT2D eigenvalue weighted by molar-refractivity contribution is -0.123. The number of carbonyl (C=O) groups excluding carboxylic acids is 4. The molecule has 4 atom stereocenters. The van der Waals surface area contributed by atoms with E-state index in [1.54, 1.807) is 36.4 Å². The van der Waals surface area contributed by atoms with Crippen LogP contribution in [0.1, 0.15) is 27.1 Å². The zero-order valence-electron chi connectivity index (χ0n) is 17.4. The number of Topliss-reactive ketones (excluding diaryl/α,β-unsaturated/α-hetero) is 1. The number of amides is 2. The highest BCUT2D eigenvalue weighted by atomic mass is 16.5. The Hall–Kier alpha value is -3.74. The second-order valence-electron chi connectivity index (χ2n) is 8.29. The lowest BCUT2D eigenvalue weighted by atomic mass is 9.85. The summed E-state index contributed by atoms with van der Waals surface area (Å²) in [6.45, 7) is -0.407. The van der Waals surface area contributed by atoms with E-state index in [2.05, 4.69) is 0 Å². The average Bonchev–Trinajstić information content (AvgIpc) is 3.51. The minimum absolute atomic E-state index is 0.142. The summed E-state index contributed by atoms with van der Waals surface area (Å²) < 4.78 is 10.2. The Kier molecular flexibility index (Phi) is 4.89. The number of hydrogen-bond donors (Lipinski definition) is 0. The van der Waals surface area contributed by atoms with Crippen molar-refractivity contribution in [2.24, 2.45) is 23.7 Å². The van der Waals surface area contributed by atoms with Gasteiger partial charge in [-0.25, -0.2) is 4.79 Å². The minimum atomic E-state index is -0.661. The number of carbonyl (C=O) groups is 4. The number of imide groups is 1. The molecular weight excluding hydrogens is 410 g/mol. The van der Waals surface area contributed by atoms with Crippen LogP contribution in [0, 0.1) is 23.7 Å². The second-order valence-corrected chi connectivity index (χ2v) is 8.29. The molecule has 0 aromatic heterocycles. The number of benzene rings is 2. The van der Waals surface area contributed by atoms with Gasteiger partial charge in [0.1, 0.15) is 5.75 Å². The summed E-state index contributed by atoms with van der Waals surface area (Å²) in [6, 6.07) is 12.7. The van der Waals surface area contributed by atoms with E-state index in [0.29, 0.717) is 17.0 Å². The molecule has 2 amide bonds. The number of hydrogen-bond acceptors (Lipinski definition) is 6. The highest BCUT2D eigenvalue weighted by Crippen LogP contribution is 2.53. The van der Waals surface area contributed by atoms with Crippen molar-refractivity contribution < 1.29 is 28.7 Å². The van der Waals surface area contributed by atoms with Gasteiger partial charge in [-0.2, -0.15) is 0 Å². The van der Waals surface area contributed by atoms with Gasteiger partial charge in [0, 0.05) is 5.56 Å². The Bertz CT molecular complexity index is 1120. The van der Waals surface area contributed by atoms with Gasteiger partial charge in [-0.05, 0) is 54.7 Å². The van der Waals surface area contributed by atoms with Gasteiger partial charge in [0.05, 0.1) is 30.2 Å². The largest absolute Gasteiger partial charge is 0.497 e. The van der Waals surface area contributed by atoms with Crippen molar-refractivity contribution in [1.29, 1.82) is 0 Å². The van der Waals surface area contributed by atoms with Crippen LogP contribution in [0.25, 0.3) is 0 Å². The van der Waals surface area contributed by atoms with Crippen molar-refractivity contribution in [3.05, 3.63) is 71.8 Å². The average molecular weight is 431 g/mol. The molecule has 0 N–H and O–H groups in total. The third kappa shape index (κ3) is 3.21. The van der Waals surface area contributed by atoms with Crippen LogP contribution in [0.4, 0.5) is 5.69 Å². The van der Waals surface area contributed by atoms with Gasteiger partial charge in [0.25, 0.3) is 0 Å². The summed E-state index contributed by atoms with van der Waals surface area (Å²) in [5.74, 6) is -1.08. The van der Waals surface area contributed by atoms with E-state index in [-0.39, 0.29) is 46.8 Å². The first-order valence-corrected chi connectivity index (χ1v) is 10.5. The zero-order chi connectivity index (χ0) is 22.4. The normalized spacial score (nSPS) is 25.2. The molecule has 0 radical (unpaired) electrons. The van der Waals surface area contributed by atoms with Crippen LogP contribution < -0.4 is 9.64 Å². The van der Waals surface area contributed by atoms with E-state index in [1.165, 1.54) is 24.1 Å². The molecule has 1 aliphatic heterocycles. The maximum atomic E-state index is 12.9. The van der Waals surface area contributed by atoms with Gasteiger partial charge in [-0.15, -0.1) is 0 Å². The SMILES string of the molecule is COc1cccc(C(=O)COC(=O)c2ccc(N3C(=O)[C@@H]4[C@@H](C3=O)[C@H]3C=C[C@@H]4C3)cc2)c1. The number of fused-ring (bicyclic) bond motifs is 5. The predicted octanol–water partition coefficient (Wildman–Crippen LogP) is 3.05. The van der Waals surface area contributed by atoms with Crippen molar-refractivity contribution in [3.8, 4) is 5.75 Å². The van der Waals surface area contributed by atoms with Crippen LogP contribution >= 0.6 is 0 Å². The number of ether oxygens (including phenoxy) is 2. The highest BCUT2D eigenvalue weighted by Gasteiger charge is 2.59. The number of esters is 1. The van der Waals surface area contributed by atoms with Gasteiger partial charge in [0.15, 0.2) is 12.4 Å². The van der Waals surface area contributed by atoms with Crippen molar-refractivity contribution in [1.82, 2.24) is 0 Å². The molecular formula is C25H21NO6. The first-order valence-electron chi connectivity index (χ1n) is 10.5. The van der Waals surface area contributed by atoms with Gasteiger partial charge in [-0.3, -0.25) is 19.3 Å². The maximum absolute atomic E-state index is 12.9. The zero-order valence-corrected chi connectivity index (χ0v) is 17.4. The summed E-state index contributed by atoms with van der Waals surface area (Å²) in [4.78, 5) is 51.7. The fourth-order valence-corrected chi connectivity index (χ4v) is 5.00. The van der Waals surface area contributed by atoms with Gasteiger partial charge in [-0.1, -0.05) is 24.3 Å². The number of rotatable bonds is 6. The molecule has 1 saturated heterocycles. The Labute approximate surface area is 184 Å². The quantitative estimate of drug-likeness (QED) is 0.302. The van der Waals surface area contributed by atoms with Gasteiger partial charge >= 0.3 is 5.97 Å². The molecule has 7 nitrogen and oxygen atoms in total. The number of methoxy groups -OCH3 is 1. The van der Waals surface area contributed by atoms with Gasteiger partial charge < -0.3 is 9.47 Å². The number of anilines is 1. The molecule has 0 spiro atoms. The summed E-state index contributed by atoms with van der Waals surface area (Å²) in [7, 11) is 1.50. The summed E-state index contributed by atoms with van der Waals surface area (Å²) in [6.07, 6.45) is 4.97.